The van der Waals surface area contributed by atoms with Crippen LogP contribution >= 0.6 is 0 Å². The number of nitrogens with one attached hydrogen (secondary N) is 1. The van der Waals surface area contributed by atoms with E-state index >= 15 is 0 Å². The summed E-state index contributed by atoms with van der Waals surface area (Å²) in [5.74, 6) is -0.962. The second kappa shape index (κ2) is 10.4. The quantitative estimate of drug-likeness (QED) is 0.699. The summed E-state index contributed by atoms with van der Waals surface area (Å²) < 4.78 is 5.37. The van der Waals surface area contributed by atoms with Crippen molar-refractivity contribution in [2.75, 3.05) is 6.54 Å². The monoisotopic (exact) mass is 409 g/mol. The largest absolute Gasteiger partial charge is 0.445 e. The van der Waals surface area contributed by atoms with Crippen LogP contribution in [-0.4, -0.2) is 41.4 Å². The molecule has 3 amide bonds. The van der Waals surface area contributed by atoms with Gasteiger partial charge in [-0.05, 0) is 36.8 Å². The van der Waals surface area contributed by atoms with E-state index in [1.807, 2.05) is 60.7 Å². The van der Waals surface area contributed by atoms with Crippen LogP contribution in [0, 0.1) is 0 Å². The first-order valence-corrected chi connectivity index (χ1v) is 10.2. The fraction of sp³-hybridized carbons (Fsp3) is 0.348. The Balaban J connectivity index is 1.55. The molecule has 7 heteroatoms. The van der Waals surface area contributed by atoms with Gasteiger partial charge in [0, 0.05) is 6.54 Å². The van der Waals surface area contributed by atoms with Crippen LogP contribution in [-0.2, 0) is 27.4 Å². The molecular formula is C23H27N3O4. The molecule has 3 rings (SSSR count). The standard InChI is InChI=1S/C23H27N3O4/c24-21(27)19(14-13-17-8-3-1-4-9-17)25-22(28)20-12-7-15-26(20)23(29)30-16-18-10-5-2-6-11-18/h1-6,8-11,19-20H,7,12-16H2,(H2,24,27)(H,25,28)/t19-,20+/m0/s1. The Morgan fingerprint density at radius 3 is 2.30 bits per heavy atom. The average molecular weight is 409 g/mol. The Hall–Kier alpha value is -3.35. The molecule has 158 valence electrons. The van der Waals surface area contributed by atoms with E-state index in [-0.39, 0.29) is 12.5 Å². The van der Waals surface area contributed by atoms with Crippen LogP contribution in [0.25, 0.3) is 0 Å². The van der Waals surface area contributed by atoms with E-state index in [1.165, 1.54) is 4.90 Å². The summed E-state index contributed by atoms with van der Waals surface area (Å²) in [6.45, 7) is 0.586. The van der Waals surface area contributed by atoms with Crippen LogP contribution in [0.5, 0.6) is 0 Å². The third kappa shape index (κ3) is 5.83. The van der Waals surface area contributed by atoms with Crippen LogP contribution in [0.4, 0.5) is 4.79 Å². The number of aryl methyl sites for hydroxylation is 1. The van der Waals surface area contributed by atoms with Gasteiger partial charge < -0.3 is 15.8 Å². The van der Waals surface area contributed by atoms with Gasteiger partial charge in [-0.2, -0.15) is 0 Å². The average Bonchev–Trinajstić information content (AvgIpc) is 3.26. The molecule has 2 aromatic carbocycles. The molecule has 1 aliphatic heterocycles. The third-order valence-electron chi connectivity index (χ3n) is 5.22. The second-order valence-electron chi connectivity index (χ2n) is 7.38. The van der Waals surface area contributed by atoms with Gasteiger partial charge in [0.25, 0.3) is 0 Å². The number of nitrogens with zero attached hydrogens (tertiary/aromatic N) is 1. The van der Waals surface area contributed by atoms with Gasteiger partial charge in [-0.1, -0.05) is 60.7 Å². The van der Waals surface area contributed by atoms with Crippen molar-refractivity contribution in [1.82, 2.24) is 10.2 Å². The number of likely N-dealkylation sites (tertiary alicyclic amines) is 1. The predicted octanol–water partition coefficient (Wildman–Crippen LogP) is 2.39. The molecule has 1 heterocycles. The van der Waals surface area contributed by atoms with E-state index in [9.17, 15) is 14.4 Å². The highest BCUT2D eigenvalue weighted by Gasteiger charge is 2.36. The van der Waals surface area contributed by atoms with E-state index in [0.29, 0.717) is 32.2 Å². The smallest absolute Gasteiger partial charge is 0.410 e. The van der Waals surface area contributed by atoms with Gasteiger partial charge in [-0.25, -0.2) is 4.79 Å². The topological polar surface area (TPSA) is 102 Å². The lowest BCUT2D eigenvalue weighted by atomic mass is 10.0. The summed E-state index contributed by atoms with van der Waals surface area (Å²) >= 11 is 0. The first-order chi connectivity index (χ1) is 14.5. The highest BCUT2D eigenvalue weighted by atomic mass is 16.6. The van der Waals surface area contributed by atoms with Crippen molar-refractivity contribution in [3.63, 3.8) is 0 Å². The molecule has 2 atom stereocenters. The molecule has 0 saturated carbocycles. The maximum atomic E-state index is 12.8. The number of primary amides is 1. The molecule has 0 unspecified atom stereocenters. The SMILES string of the molecule is NC(=O)[C@H](CCc1ccccc1)NC(=O)[C@H]1CCCN1C(=O)OCc1ccccc1. The Morgan fingerprint density at radius 1 is 1.03 bits per heavy atom. The molecule has 0 aliphatic carbocycles. The molecule has 3 N–H and O–H groups in total. The van der Waals surface area contributed by atoms with Crippen LogP contribution in [0.3, 0.4) is 0 Å². The molecule has 1 fully saturated rings. The summed E-state index contributed by atoms with van der Waals surface area (Å²) in [6.07, 6.45) is 1.70. The molecule has 0 spiro atoms. The number of hydrogen-bond donors (Lipinski definition) is 2. The number of rotatable bonds is 8. The lowest BCUT2D eigenvalue weighted by Crippen LogP contribution is -2.52. The van der Waals surface area contributed by atoms with E-state index in [2.05, 4.69) is 5.32 Å². The van der Waals surface area contributed by atoms with Crippen molar-refractivity contribution < 1.29 is 19.1 Å². The number of ether oxygens (including phenoxy) is 1. The highest BCUT2D eigenvalue weighted by Crippen LogP contribution is 2.19. The number of benzene rings is 2. The molecule has 2 aromatic rings. The van der Waals surface area contributed by atoms with Gasteiger partial charge >= 0.3 is 6.09 Å². The zero-order valence-corrected chi connectivity index (χ0v) is 16.8. The minimum Gasteiger partial charge on any atom is -0.445 e. The van der Waals surface area contributed by atoms with Crippen molar-refractivity contribution in [2.45, 2.75) is 44.4 Å². The number of carbonyl (C=O) groups is 3. The Labute approximate surface area is 176 Å². The van der Waals surface area contributed by atoms with Crippen molar-refractivity contribution >= 4 is 17.9 Å². The van der Waals surface area contributed by atoms with Gasteiger partial charge in [0.1, 0.15) is 18.7 Å². The molecular weight excluding hydrogens is 382 g/mol. The van der Waals surface area contributed by atoms with Gasteiger partial charge in [-0.3, -0.25) is 14.5 Å². The van der Waals surface area contributed by atoms with Crippen LogP contribution < -0.4 is 11.1 Å². The molecule has 1 aliphatic rings. The first-order valence-electron chi connectivity index (χ1n) is 10.2. The van der Waals surface area contributed by atoms with Gasteiger partial charge in [0.2, 0.25) is 11.8 Å². The van der Waals surface area contributed by atoms with E-state index in [1.54, 1.807) is 0 Å². The zero-order chi connectivity index (χ0) is 21.3. The van der Waals surface area contributed by atoms with Crippen LogP contribution in [0.1, 0.15) is 30.4 Å². The molecule has 0 radical (unpaired) electrons. The lowest BCUT2D eigenvalue weighted by Gasteiger charge is -2.25. The number of carbonyl (C=O) groups excluding carboxylic acids is 3. The fourth-order valence-electron chi connectivity index (χ4n) is 3.57. The third-order valence-corrected chi connectivity index (χ3v) is 5.22. The highest BCUT2D eigenvalue weighted by molar-refractivity contribution is 5.91. The summed E-state index contributed by atoms with van der Waals surface area (Å²) in [4.78, 5) is 38.6. The molecule has 30 heavy (non-hydrogen) atoms. The normalized spacial score (nSPS) is 16.7. The second-order valence-corrected chi connectivity index (χ2v) is 7.38. The molecule has 0 aromatic heterocycles. The van der Waals surface area contributed by atoms with E-state index in [0.717, 1.165) is 11.1 Å². The minimum absolute atomic E-state index is 0.144. The van der Waals surface area contributed by atoms with Crippen molar-refractivity contribution in [3.05, 3.63) is 71.8 Å². The Kier molecular flexibility index (Phi) is 7.43. The maximum absolute atomic E-state index is 12.8. The van der Waals surface area contributed by atoms with Crippen LogP contribution in [0.15, 0.2) is 60.7 Å². The van der Waals surface area contributed by atoms with Gasteiger partial charge in [-0.15, -0.1) is 0 Å². The van der Waals surface area contributed by atoms with Crippen molar-refractivity contribution in [1.29, 1.82) is 0 Å². The zero-order valence-electron chi connectivity index (χ0n) is 16.8. The van der Waals surface area contributed by atoms with Crippen molar-refractivity contribution in [3.8, 4) is 0 Å². The first kappa shape index (κ1) is 21.4. The Bertz CT molecular complexity index is 857. The fourth-order valence-corrected chi connectivity index (χ4v) is 3.57. The summed E-state index contributed by atoms with van der Waals surface area (Å²) in [7, 11) is 0. The van der Waals surface area contributed by atoms with Gasteiger partial charge in [0.15, 0.2) is 0 Å². The van der Waals surface area contributed by atoms with Crippen LogP contribution in [0.2, 0.25) is 0 Å². The lowest BCUT2D eigenvalue weighted by molar-refractivity contribution is -0.130. The van der Waals surface area contributed by atoms with E-state index < -0.39 is 24.1 Å². The minimum atomic E-state index is -0.791. The predicted molar refractivity (Wildman–Crippen MR) is 112 cm³/mol. The number of nitrogens with two attached hydrogens (primary N) is 1. The Morgan fingerprint density at radius 2 is 1.67 bits per heavy atom. The molecule has 1 saturated heterocycles. The molecule has 7 nitrogen and oxygen atoms in total. The van der Waals surface area contributed by atoms with E-state index in [4.69, 9.17) is 10.5 Å². The molecule has 0 bridgehead atoms. The number of amides is 3. The summed E-state index contributed by atoms with van der Waals surface area (Å²) in [6, 6.07) is 17.6. The van der Waals surface area contributed by atoms with Crippen molar-refractivity contribution in [2.24, 2.45) is 5.73 Å². The van der Waals surface area contributed by atoms with Gasteiger partial charge in [0.05, 0.1) is 0 Å². The summed E-state index contributed by atoms with van der Waals surface area (Å²) in [5.41, 5.74) is 7.43. The summed E-state index contributed by atoms with van der Waals surface area (Å²) in [5, 5.41) is 2.72. The number of hydrogen-bond acceptors (Lipinski definition) is 4. The maximum Gasteiger partial charge on any atom is 0.410 e.